The van der Waals surface area contributed by atoms with E-state index >= 15 is 0 Å². The molecule has 0 radical (unpaired) electrons. The van der Waals surface area contributed by atoms with Crippen molar-refractivity contribution < 1.29 is 18.3 Å². The summed E-state index contributed by atoms with van der Waals surface area (Å²) in [5.41, 5.74) is 0. The molecule has 0 aromatic rings. The Labute approximate surface area is 84.4 Å². The normalized spacial score (nSPS) is 13.6. The summed E-state index contributed by atoms with van der Waals surface area (Å²) in [6.45, 7) is 1.71. The van der Waals surface area contributed by atoms with Crippen LogP contribution in [-0.2, 0) is 14.6 Å². The lowest BCUT2D eigenvalue weighted by Crippen LogP contribution is -2.37. The van der Waals surface area contributed by atoms with E-state index in [-0.39, 0.29) is 30.7 Å². The molecule has 1 amide bonds. The van der Waals surface area contributed by atoms with Crippen molar-refractivity contribution in [2.75, 3.05) is 18.6 Å². The monoisotopic (exact) mass is 223 g/mol. The number of sulfone groups is 1. The average molecular weight is 223 g/mol. The summed E-state index contributed by atoms with van der Waals surface area (Å²) in [4.78, 5) is 11.1. The SMILES string of the molecule is CCC(CO)NC(=O)CCS(C)(=O)=O. The molecule has 1 unspecified atom stereocenters. The summed E-state index contributed by atoms with van der Waals surface area (Å²) in [6, 6.07) is -0.276. The number of rotatable bonds is 6. The van der Waals surface area contributed by atoms with E-state index in [1.165, 1.54) is 0 Å². The minimum absolute atomic E-state index is 0.0463. The first kappa shape index (κ1) is 13.4. The summed E-state index contributed by atoms with van der Waals surface area (Å²) in [6.07, 6.45) is 1.67. The van der Waals surface area contributed by atoms with Crippen LogP contribution in [0.2, 0.25) is 0 Å². The molecule has 0 aliphatic carbocycles. The molecule has 0 fully saturated rings. The van der Waals surface area contributed by atoms with Gasteiger partial charge in [0.15, 0.2) is 0 Å². The Balaban J connectivity index is 3.87. The van der Waals surface area contributed by atoms with Crippen LogP contribution in [0.5, 0.6) is 0 Å². The Bertz CT molecular complexity index is 269. The lowest BCUT2D eigenvalue weighted by Gasteiger charge is -2.13. The van der Waals surface area contributed by atoms with Gasteiger partial charge in [0.25, 0.3) is 0 Å². The topological polar surface area (TPSA) is 83.5 Å². The van der Waals surface area contributed by atoms with Gasteiger partial charge in [-0.05, 0) is 6.42 Å². The van der Waals surface area contributed by atoms with Gasteiger partial charge in [-0.15, -0.1) is 0 Å². The molecule has 5 nitrogen and oxygen atoms in total. The predicted octanol–water partition coefficient (Wildman–Crippen LogP) is -0.692. The smallest absolute Gasteiger partial charge is 0.221 e. The van der Waals surface area contributed by atoms with Crippen molar-refractivity contribution in [3.05, 3.63) is 0 Å². The zero-order chi connectivity index (χ0) is 11.2. The van der Waals surface area contributed by atoms with Crippen LogP contribution in [0.4, 0.5) is 0 Å². The van der Waals surface area contributed by atoms with Gasteiger partial charge in [0.05, 0.1) is 18.4 Å². The summed E-state index contributed by atoms with van der Waals surface area (Å²) in [5, 5.41) is 11.3. The minimum atomic E-state index is -3.09. The molecule has 0 aromatic heterocycles. The van der Waals surface area contributed by atoms with E-state index in [4.69, 9.17) is 5.11 Å². The highest BCUT2D eigenvalue weighted by Crippen LogP contribution is 1.93. The Hall–Kier alpha value is -0.620. The highest BCUT2D eigenvalue weighted by molar-refractivity contribution is 7.90. The number of carbonyl (C=O) groups is 1. The number of amides is 1. The first-order valence-corrected chi connectivity index (χ1v) is 6.53. The Morgan fingerprint density at radius 2 is 2.07 bits per heavy atom. The minimum Gasteiger partial charge on any atom is -0.394 e. The fourth-order valence-corrected chi connectivity index (χ4v) is 1.41. The maximum Gasteiger partial charge on any atom is 0.221 e. The van der Waals surface area contributed by atoms with Crippen molar-refractivity contribution in [1.29, 1.82) is 0 Å². The summed E-state index contributed by atoms with van der Waals surface area (Å²) in [7, 11) is -3.09. The standard InChI is InChI=1S/C8H17NO4S/c1-3-7(6-10)9-8(11)4-5-14(2,12)13/h7,10H,3-6H2,1-2H3,(H,9,11). The van der Waals surface area contributed by atoms with Crippen LogP contribution in [0, 0.1) is 0 Å². The number of carbonyl (C=O) groups excluding carboxylic acids is 1. The lowest BCUT2D eigenvalue weighted by molar-refractivity contribution is -0.121. The summed E-state index contributed by atoms with van der Waals surface area (Å²) >= 11 is 0. The Morgan fingerprint density at radius 3 is 2.43 bits per heavy atom. The second kappa shape index (κ2) is 5.98. The van der Waals surface area contributed by atoms with Crippen LogP contribution >= 0.6 is 0 Å². The van der Waals surface area contributed by atoms with Crippen molar-refractivity contribution in [2.24, 2.45) is 0 Å². The van der Waals surface area contributed by atoms with Crippen LogP contribution in [0.3, 0.4) is 0 Å². The second-order valence-electron chi connectivity index (χ2n) is 3.24. The van der Waals surface area contributed by atoms with Gasteiger partial charge in [-0.2, -0.15) is 0 Å². The van der Waals surface area contributed by atoms with Gasteiger partial charge in [-0.3, -0.25) is 4.79 Å². The van der Waals surface area contributed by atoms with Crippen LogP contribution in [-0.4, -0.2) is 44.1 Å². The molecule has 0 bridgehead atoms. The molecule has 0 aliphatic heterocycles. The molecule has 84 valence electrons. The van der Waals surface area contributed by atoms with E-state index in [0.29, 0.717) is 6.42 Å². The molecule has 14 heavy (non-hydrogen) atoms. The molecule has 0 aromatic carbocycles. The summed E-state index contributed by atoms with van der Waals surface area (Å²) < 4.78 is 21.5. The van der Waals surface area contributed by atoms with E-state index < -0.39 is 9.84 Å². The van der Waals surface area contributed by atoms with Crippen molar-refractivity contribution in [3.8, 4) is 0 Å². The van der Waals surface area contributed by atoms with Crippen LogP contribution in [0.25, 0.3) is 0 Å². The van der Waals surface area contributed by atoms with Crippen LogP contribution < -0.4 is 5.32 Å². The highest BCUT2D eigenvalue weighted by Gasteiger charge is 2.11. The predicted molar refractivity (Wildman–Crippen MR) is 53.6 cm³/mol. The van der Waals surface area contributed by atoms with Gasteiger partial charge < -0.3 is 10.4 Å². The van der Waals surface area contributed by atoms with Gasteiger partial charge in [0, 0.05) is 12.7 Å². The van der Waals surface area contributed by atoms with E-state index in [9.17, 15) is 13.2 Å². The van der Waals surface area contributed by atoms with Gasteiger partial charge >= 0.3 is 0 Å². The third-order valence-electron chi connectivity index (χ3n) is 1.78. The van der Waals surface area contributed by atoms with E-state index in [1.54, 1.807) is 0 Å². The molecular formula is C8H17NO4S. The molecule has 0 saturated carbocycles. The number of hydrogen-bond donors (Lipinski definition) is 2. The molecule has 0 rings (SSSR count). The largest absolute Gasteiger partial charge is 0.394 e. The Kier molecular flexibility index (Phi) is 5.71. The van der Waals surface area contributed by atoms with E-state index in [0.717, 1.165) is 6.26 Å². The van der Waals surface area contributed by atoms with Crippen molar-refractivity contribution in [1.82, 2.24) is 5.32 Å². The number of aliphatic hydroxyl groups excluding tert-OH is 1. The quantitative estimate of drug-likeness (QED) is 0.624. The molecule has 0 heterocycles. The zero-order valence-electron chi connectivity index (χ0n) is 8.49. The van der Waals surface area contributed by atoms with E-state index in [2.05, 4.69) is 5.32 Å². The van der Waals surface area contributed by atoms with Crippen molar-refractivity contribution in [3.63, 3.8) is 0 Å². The lowest BCUT2D eigenvalue weighted by atomic mass is 10.2. The van der Waals surface area contributed by atoms with Gasteiger partial charge in [-0.1, -0.05) is 6.92 Å². The third-order valence-corrected chi connectivity index (χ3v) is 2.72. The maximum absolute atomic E-state index is 11.1. The highest BCUT2D eigenvalue weighted by atomic mass is 32.2. The molecule has 0 saturated heterocycles. The fourth-order valence-electron chi connectivity index (χ4n) is 0.855. The molecular weight excluding hydrogens is 206 g/mol. The molecule has 0 spiro atoms. The number of hydrogen-bond acceptors (Lipinski definition) is 4. The third kappa shape index (κ3) is 6.85. The van der Waals surface area contributed by atoms with Crippen LogP contribution in [0.15, 0.2) is 0 Å². The van der Waals surface area contributed by atoms with Gasteiger partial charge in [0.1, 0.15) is 9.84 Å². The average Bonchev–Trinajstić information content (AvgIpc) is 2.09. The summed E-state index contributed by atoms with van der Waals surface area (Å²) in [5.74, 6) is -0.489. The van der Waals surface area contributed by atoms with Crippen molar-refractivity contribution >= 4 is 15.7 Å². The molecule has 6 heteroatoms. The number of aliphatic hydroxyl groups is 1. The van der Waals surface area contributed by atoms with Crippen LogP contribution in [0.1, 0.15) is 19.8 Å². The zero-order valence-corrected chi connectivity index (χ0v) is 9.30. The van der Waals surface area contributed by atoms with Gasteiger partial charge in [-0.25, -0.2) is 8.42 Å². The second-order valence-corrected chi connectivity index (χ2v) is 5.49. The van der Waals surface area contributed by atoms with Crippen molar-refractivity contribution in [2.45, 2.75) is 25.8 Å². The van der Waals surface area contributed by atoms with E-state index in [1.807, 2.05) is 6.92 Å². The molecule has 2 N–H and O–H groups in total. The Morgan fingerprint density at radius 1 is 1.50 bits per heavy atom. The molecule has 0 aliphatic rings. The maximum atomic E-state index is 11.1. The first-order chi connectivity index (χ1) is 6.39. The first-order valence-electron chi connectivity index (χ1n) is 4.47. The number of nitrogens with one attached hydrogen (secondary N) is 1. The van der Waals surface area contributed by atoms with Gasteiger partial charge in [0.2, 0.25) is 5.91 Å². The molecule has 1 atom stereocenters. The fraction of sp³-hybridized carbons (Fsp3) is 0.875.